The van der Waals surface area contributed by atoms with Gasteiger partial charge in [0, 0.05) is 24.6 Å². The molecule has 0 saturated heterocycles. The normalized spacial score (nSPS) is 13.1. The van der Waals surface area contributed by atoms with Gasteiger partial charge < -0.3 is 9.88 Å². The Morgan fingerprint density at radius 2 is 1.77 bits per heavy atom. The topological polar surface area (TPSA) is 59.8 Å². The maximum Gasteiger partial charge on any atom is 0.233 e. The number of carbonyl (C=O) groups is 1. The van der Waals surface area contributed by atoms with Crippen LogP contribution in [0.1, 0.15) is 44.2 Å². The summed E-state index contributed by atoms with van der Waals surface area (Å²) in [7, 11) is 0. The zero-order valence-electron chi connectivity index (χ0n) is 18.1. The highest BCUT2D eigenvalue weighted by Gasteiger charge is 2.21. The molecule has 0 radical (unpaired) electrons. The van der Waals surface area contributed by atoms with Crippen LogP contribution in [0, 0.1) is 6.92 Å². The van der Waals surface area contributed by atoms with Gasteiger partial charge in [-0.25, -0.2) is 0 Å². The van der Waals surface area contributed by atoms with E-state index in [9.17, 15) is 4.79 Å². The van der Waals surface area contributed by atoms with Crippen molar-refractivity contribution in [2.24, 2.45) is 0 Å². The van der Waals surface area contributed by atoms with Crippen LogP contribution in [0.4, 0.5) is 0 Å². The lowest BCUT2D eigenvalue weighted by molar-refractivity contribution is -0.120. The molecule has 0 saturated carbocycles. The molecule has 0 bridgehead atoms. The number of hydrogen-bond acceptors (Lipinski definition) is 4. The van der Waals surface area contributed by atoms with Gasteiger partial charge in [0.1, 0.15) is 0 Å². The van der Waals surface area contributed by atoms with Crippen LogP contribution in [-0.2, 0) is 11.3 Å². The zero-order valence-corrected chi connectivity index (χ0v) is 18.9. The van der Waals surface area contributed by atoms with Gasteiger partial charge in [0.05, 0.1) is 5.25 Å². The summed E-state index contributed by atoms with van der Waals surface area (Å²) in [5, 5.41) is 12.4. The number of hydrogen-bond donors (Lipinski definition) is 1. The quantitative estimate of drug-likeness (QED) is 0.490. The molecule has 0 aliphatic carbocycles. The first kappa shape index (κ1) is 22.1. The van der Waals surface area contributed by atoms with Crippen LogP contribution in [0.3, 0.4) is 0 Å². The van der Waals surface area contributed by atoms with Gasteiger partial charge in [0.2, 0.25) is 5.91 Å². The molecule has 30 heavy (non-hydrogen) atoms. The SMILES string of the molecule is CC[C@H](CNC(=O)[C@H](C)Sc1nnc(-c2ccccc2C)n1CC)c1ccccc1. The first-order chi connectivity index (χ1) is 14.5. The molecule has 3 rings (SSSR count). The van der Waals surface area contributed by atoms with E-state index < -0.39 is 0 Å². The second-order valence-corrected chi connectivity index (χ2v) is 8.69. The Morgan fingerprint density at radius 3 is 2.43 bits per heavy atom. The summed E-state index contributed by atoms with van der Waals surface area (Å²) in [5.41, 5.74) is 3.49. The molecule has 3 aromatic rings. The minimum atomic E-state index is -0.252. The minimum absolute atomic E-state index is 0.0254. The molecule has 0 fully saturated rings. The molecule has 1 amide bonds. The van der Waals surface area contributed by atoms with Crippen LogP contribution >= 0.6 is 11.8 Å². The highest BCUT2D eigenvalue weighted by molar-refractivity contribution is 8.00. The van der Waals surface area contributed by atoms with Gasteiger partial charge in [0.15, 0.2) is 11.0 Å². The van der Waals surface area contributed by atoms with Gasteiger partial charge in [-0.1, -0.05) is 73.3 Å². The van der Waals surface area contributed by atoms with Gasteiger partial charge in [-0.2, -0.15) is 0 Å². The summed E-state index contributed by atoms with van der Waals surface area (Å²) in [4.78, 5) is 12.7. The molecule has 1 heterocycles. The number of rotatable bonds is 9. The van der Waals surface area contributed by atoms with Gasteiger partial charge in [0.25, 0.3) is 0 Å². The van der Waals surface area contributed by atoms with Crippen LogP contribution in [0.2, 0.25) is 0 Å². The van der Waals surface area contributed by atoms with E-state index in [-0.39, 0.29) is 11.2 Å². The summed E-state index contributed by atoms with van der Waals surface area (Å²) >= 11 is 1.46. The molecule has 0 aliphatic heterocycles. The second-order valence-electron chi connectivity index (χ2n) is 7.39. The lowest BCUT2D eigenvalue weighted by atomic mass is 9.96. The molecule has 1 N–H and O–H groups in total. The third kappa shape index (κ3) is 5.11. The Bertz CT molecular complexity index is 970. The van der Waals surface area contributed by atoms with Crippen LogP contribution in [-0.4, -0.2) is 32.5 Å². The zero-order chi connectivity index (χ0) is 21.5. The summed E-state index contributed by atoms with van der Waals surface area (Å²) in [6.07, 6.45) is 0.982. The predicted octanol–water partition coefficient (Wildman–Crippen LogP) is 5.06. The molecular formula is C24H30N4OS. The van der Waals surface area contributed by atoms with Gasteiger partial charge in [-0.3, -0.25) is 4.79 Å². The Morgan fingerprint density at radius 1 is 1.07 bits per heavy atom. The number of carbonyl (C=O) groups excluding carboxylic acids is 1. The largest absolute Gasteiger partial charge is 0.355 e. The molecule has 2 atom stereocenters. The van der Waals surface area contributed by atoms with Crippen molar-refractivity contribution in [3.63, 3.8) is 0 Å². The maximum atomic E-state index is 12.7. The Balaban J connectivity index is 1.66. The average molecular weight is 423 g/mol. The molecule has 0 unspecified atom stereocenters. The van der Waals surface area contributed by atoms with Gasteiger partial charge in [-0.15, -0.1) is 10.2 Å². The molecule has 6 heteroatoms. The smallest absolute Gasteiger partial charge is 0.233 e. The van der Waals surface area contributed by atoms with Crippen molar-refractivity contribution < 1.29 is 4.79 Å². The second kappa shape index (κ2) is 10.4. The fraction of sp³-hybridized carbons (Fsp3) is 0.375. The number of aryl methyl sites for hydroxylation is 1. The first-order valence-electron chi connectivity index (χ1n) is 10.5. The van der Waals surface area contributed by atoms with Crippen LogP contribution in [0.25, 0.3) is 11.4 Å². The van der Waals surface area contributed by atoms with E-state index >= 15 is 0 Å². The van der Waals surface area contributed by atoms with Crippen LogP contribution < -0.4 is 5.32 Å². The van der Waals surface area contributed by atoms with E-state index in [0.717, 1.165) is 35.1 Å². The summed E-state index contributed by atoms with van der Waals surface area (Å²) in [5.74, 6) is 1.19. The van der Waals surface area contributed by atoms with E-state index in [2.05, 4.69) is 65.1 Å². The predicted molar refractivity (Wildman–Crippen MR) is 124 cm³/mol. The van der Waals surface area contributed by atoms with Crippen molar-refractivity contribution in [1.29, 1.82) is 0 Å². The lowest BCUT2D eigenvalue weighted by Gasteiger charge is -2.18. The number of nitrogens with zero attached hydrogens (tertiary/aromatic N) is 3. The fourth-order valence-electron chi connectivity index (χ4n) is 3.49. The summed E-state index contributed by atoms with van der Waals surface area (Å²) in [6, 6.07) is 18.5. The molecule has 0 aliphatic rings. The molecule has 5 nitrogen and oxygen atoms in total. The molecule has 158 valence electrons. The van der Waals surface area contributed by atoms with E-state index in [1.165, 1.54) is 17.3 Å². The summed E-state index contributed by atoms with van der Waals surface area (Å²) in [6.45, 7) is 9.61. The number of nitrogens with one attached hydrogen (secondary N) is 1. The molecule has 0 spiro atoms. The number of aromatic nitrogens is 3. The lowest BCUT2D eigenvalue weighted by Crippen LogP contribution is -2.34. The number of thioether (sulfide) groups is 1. The average Bonchev–Trinajstić information content (AvgIpc) is 3.17. The van der Waals surface area contributed by atoms with E-state index in [1.54, 1.807) is 0 Å². The molecule has 1 aromatic heterocycles. The first-order valence-corrected chi connectivity index (χ1v) is 11.4. The fourth-order valence-corrected chi connectivity index (χ4v) is 4.42. The van der Waals surface area contributed by atoms with Gasteiger partial charge >= 0.3 is 0 Å². The van der Waals surface area contributed by atoms with Crippen molar-refractivity contribution in [3.05, 3.63) is 65.7 Å². The maximum absolute atomic E-state index is 12.7. The summed E-state index contributed by atoms with van der Waals surface area (Å²) < 4.78 is 2.08. The number of amides is 1. The third-order valence-corrected chi connectivity index (χ3v) is 6.44. The van der Waals surface area contributed by atoms with Gasteiger partial charge in [-0.05, 0) is 38.3 Å². The molecular weight excluding hydrogens is 392 g/mol. The number of benzene rings is 2. The molecule has 2 aromatic carbocycles. The van der Waals surface area contributed by atoms with Crippen molar-refractivity contribution in [1.82, 2.24) is 20.1 Å². The highest BCUT2D eigenvalue weighted by Crippen LogP contribution is 2.28. The third-order valence-electron chi connectivity index (χ3n) is 5.36. The van der Waals surface area contributed by atoms with E-state index in [0.29, 0.717) is 12.5 Å². The standard InChI is InChI=1S/C24H30N4OS/c1-5-19(20-13-8-7-9-14-20)16-25-23(29)18(4)30-24-27-26-22(28(24)6-2)21-15-11-10-12-17(21)3/h7-15,18-19H,5-6,16H2,1-4H3,(H,25,29)/t18-,19+/m0/s1. The minimum Gasteiger partial charge on any atom is -0.355 e. The Labute approximate surface area is 183 Å². The van der Waals surface area contributed by atoms with Crippen LogP contribution in [0.5, 0.6) is 0 Å². The highest BCUT2D eigenvalue weighted by atomic mass is 32.2. The van der Waals surface area contributed by atoms with Crippen molar-refractivity contribution in [3.8, 4) is 11.4 Å². The van der Waals surface area contributed by atoms with E-state index in [4.69, 9.17) is 0 Å². The van der Waals surface area contributed by atoms with Crippen molar-refractivity contribution >= 4 is 17.7 Å². The Hall–Kier alpha value is -2.60. The monoisotopic (exact) mass is 422 g/mol. The van der Waals surface area contributed by atoms with Crippen molar-refractivity contribution in [2.75, 3.05) is 6.54 Å². The Kier molecular flexibility index (Phi) is 7.69. The van der Waals surface area contributed by atoms with Crippen molar-refractivity contribution in [2.45, 2.75) is 57.0 Å². The van der Waals surface area contributed by atoms with E-state index in [1.807, 2.05) is 37.3 Å². The van der Waals surface area contributed by atoms with Crippen LogP contribution in [0.15, 0.2) is 59.8 Å².